The standard InChI is InChI=1S/C9H18O/c1-8(2)6-7-10-9(3,4)5/h6H,7H2,1-5H3. The van der Waals surface area contributed by atoms with E-state index in [9.17, 15) is 0 Å². The number of hydrogen-bond acceptors (Lipinski definition) is 1. The lowest BCUT2D eigenvalue weighted by molar-refractivity contribution is 0.0147. The Morgan fingerprint density at radius 1 is 1.30 bits per heavy atom. The predicted molar refractivity (Wildman–Crippen MR) is 45.1 cm³/mol. The average Bonchev–Trinajstić information content (AvgIpc) is 1.59. The molecule has 0 spiro atoms. The largest absolute Gasteiger partial charge is 0.372 e. The van der Waals surface area contributed by atoms with Gasteiger partial charge in [0.05, 0.1) is 12.2 Å². The van der Waals surface area contributed by atoms with Crippen LogP contribution in [0.4, 0.5) is 0 Å². The van der Waals surface area contributed by atoms with E-state index in [1.54, 1.807) is 0 Å². The Hall–Kier alpha value is -0.300. The molecule has 60 valence electrons. The van der Waals surface area contributed by atoms with E-state index in [1.165, 1.54) is 5.57 Å². The van der Waals surface area contributed by atoms with Gasteiger partial charge in [0, 0.05) is 0 Å². The van der Waals surface area contributed by atoms with Crippen LogP contribution in [-0.4, -0.2) is 12.2 Å². The van der Waals surface area contributed by atoms with Crippen LogP contribution in [0.15, 0.2) is 11.6 Å². The van der Waals surface area contributed by atoms with E-state index in [0.717, 1.165) is 6.61 Å². The lowest BCUT2D eigenvalue weighted by atomic mass is 10.2. The van der Waals surface area contributed by atoms with Gasteiger partial charge in [-0.3, -0.25) is 0 Å². The van der Waals surface area contributed by atoms with Crippen LogP contribution in [0.3, 0.4) is 0 Å². The molecule has 0 aliphatic heterocycles. The number of ether oxygens (including phenoxy) is 1. The maximum Gasteiger partial charge on any atom is 0.0657 e. The highest BCUT2D eigenvalue weighted by Crippen LogP contribution is 2.06. The van der Waals surface area contributed by atoms with Gasteiger partial charge in [-0.1, -0.05) is 11.6 Å². The molecule has 0 amide bonds. The van der Waals surface area contributed by atoms with Crippen molar-refractivity contribution in [2.45, 2.75) is 40.2 Å². The quantitative estimate of drug-likeness (QED) is 0.539. The molecule has 0 heterocycles. The maximum atomic E-state index is 5.46. The topological polar surface area (TPSA) is 9.23 Å². The molecule has 0 saturated heterocycles. The lowest BCUT2D eigenvalue weighted by Gasteiger charge is -2.17. The zero-order valence-electron chi connectivity index (χ0n) is 7.69. The monoisotopic (exact) mass is 142 g/mol. The molecule has 0 aromatic carbocycles. The molecule has 0 atom stereocenters. The molecule has 0 bridgehead atoms. The van der Waals surface area contributed by atoms with Crippen LogP contribution >= 0.6 is 0 Å². The van der Waals surface area contributed by atoms with Crippen molar-refractivity contribution in [3.05, 3.63) is 11.6 Å². The van der Waals surface area contributed by atoms with Crippen LogP contribution in [0.1, 0.15) is 34.6 Å². The van der Waals surface area contributed by atoms with Crippen LogP contribution in [0.2, 0.25) is 0 Å². The summed E-state index contributed by atoms with van der Waals surface area (Å²) in [6.07, 6.45) is 2.09. The number of hydrogen-bond donors (Lipinski definition) is 0. The van der Waals surface area contributed by atoms with Crippen molar-refractivity contribution in [2.75, 3.05) is 6.61 Å². The second kappa shape index (κ2) is 3.77. The minimum Gasteiger partial charge on any atom is -0.372 e. The Balaban J connectivity index is 3.47. The summed E-state index contributed by atoms with van der Waals surface area (Å²) in [7, 11) is 0. The fourth-order valence-electron chi connectivity index (χ4n) is 0.458. The third-order valence-corrected chi connectivity index (χ3v) is 1.01. The van der Waals surface area contributed by atoms with E-state index in [4.69, 9.17) is 4.74 Å². The Bertz CT molecular complexity index is 113. The van der Waals surface area contributed by atoms with Crippen molar-refractivity contribution in [3.63, 3.8) is 0 Å². The number of allylic oxidation sites excluding steroid dienone is 1. The molecular weight excluding hydrogens is 124 g/mol. The minimum absolute atomic E-state index is 0.00799. The fourth-order valence-corrected chi connectivity index (χ4v) is 0.458. The Morgan fingerprint density at radius 2 is 1.80 bits per heavy atom. The normalized spacial score (nSPS) is 11.3. The van der Waals surface area contributed by atoms with E-state index >= 15 is 0 Å². The summed E-state index contributed by atoms with van der Waals surface area (Å²) in [4.78, 5) is 0. The molecule has 0 saturated carbocycles. The molecule has 1 heteroatoms. The van der Waals surface area contributed by atoms with Gasteiger partial charge in [-0.2, -0.15) is 0 Å². The van der Waals surface area contributed by atoms with Crippen LogP contribution in [0, 0.1) is 0 Å². The molecule has 0 aliphatic rings. The van der Waals surface area contributed by atoms with Crippen molar-refractivity contribution in [2.24, 2.45) is 0 Å². The molecule has 0 unspecified atom stereocenters. The van der Waals surface area contributed by atoms with Crippen molar-refractivity contribution in [3.8, 4) is 0 Å². The summed E-state index contributed by atoms with van der Waals surface area (Å²) in [6.45, 7) is 11.1. The molecule has 10 heavy (non-hydrogen) atoms. The highest BCUT2D eigenvalue weighted by Gasteiger charge is 2.07. The van der Waals surface area contributed by atoms with Gasteiger partial charge in [-0.05, 0) is 34.6 Å². The zero-order chi connectivity index (χ0) is 8.20. The summed E-state index contributed by atoms with van der Waals surface area (Å²) >= 11 is 0. The van der Waals surface area contributed by atoms with Gasteiger partial charge in [0.25, 0.3) is 0 Å². The van der Waals surface area contributed by atoms with Crippen LogP contribution in [-0.2, 0) is 4.74 Å². The SMILES string of the molecule is CC(C)=CCOC(C)(C)C. The first-order valence-electron chi connectivity index (χ1n) is 3.69. The van der Waals surface area contributed by atoms with E-state index in [2.05, 4.69) is 40.7 Å². The van der Waals surface area contributed by atoms with Gasteiger partial charge in [0.1, 0.15) is 0 Å². The molecular formula is C9H18O. The van der Waals surface area contributed by atoms with Crippen molar-refractivity contribution in [1.29, 1.82) is 0 Å². The highest BCUT2D eigenvalue weighted by molar-refractivity contribution is 4.93. The molecule has 0 aromatic heterocycles. The minimum atomic E-state index is -0.00799. The van der Waals surface area contributed by atoms with E-state index in [-0.39, 0.29) is 5.60 Å². The molecule has 0 rings (SSSR count). The lowest BCUT2D eigenvalue weighted by Crippen LogP contribution is -2.18. The third kappa shape index (κ3) is 7.70. The maximum absolute atomic E-state index is 5.46. The first kappa shape index (κ1) is 9.70. The van der Waals surface area contributed by atoms with Crippen LogP contribution in [0.5, 0.6) is 0 Å². The Kier molecular flexibility index (Phi) is 3.66. The van der Waals surface area contributed by atoms with Crippen molar-refractivity contribution < 1.29 is 4.74 Å². The summed E-state index contributed by atoms with van der Waals surface area (Å²) in [5.74, 6) is 0. The van der Waals surface area contributed by atoms with Gasteiger partial charge < -0.3 is 4.74 Å². The molecule has 0 fully saturated rings. The molecule has 0 radical (unpaired) electrons. The van der Waals surface area contributed by atoms with Gasteiger partial charge in [0.15, 0.2) is 0 Å². The summed E-state index contributed by atoms with van der Waals surface area (Å²) in [5.41, 5.74) is 1.30. The second-order valence-electron chi connectivity index (χ2n) is 3.70. The number of rotatable bonds is 2. The van der Waals surface area contributed by atoms with Gasteiger partial charge in [0.2, 0.25) is 0 Å². The van der Waals surface area contributed by atoms with E-state index in [0.29, 0.717) is 0 Å². The van der Waals surface area contributed by atoms with E-state index in [1.807, 2.05) is 0 Å². The van der Waals surface area contributed by atoms with Crippen molar-refractivity contribution >= 4 is 0 Å². The van der Waals surface area contributed by atoms with Crippen LogP contribution in [0.25, 0.3) is 0 Å². The Morgan fingerprint density at radius 3 is 2.10 bits per heavy atom. The molecule has 1 nitrogen and oxygen atoms in total. The third-order valence-electron chi connectivity index (χ3n) is 1.01. The predicted octanol–water partition coefficient (Wildman–Crippen LogP) is 2.77. The van der Waals surface area contributed by atoms with Gasteiger partial charge in [-0.25, -0.2) is 0 Å². The average molecular weight is 142 g/mol. The van der Waals surface area contributed by atoms with E-state index < -0.39 is 0 Å². The fraction of sp³-hybridized carbons (Fsp3) is 0.778. The summed E-state index contributed by atoms with van der Waals surface area (Å²) in [6, 6.07) is 0. The van der Waals surface area contributed by atoms with Gasteiger partial charge >= 0.3 is 0 Å². The highest BCUT2D eigenvalue weighted by atomic mass is 16.5. The first-order chi connectivity index (χ1) is 4.42. The van der Waals surface area contributed by atoms with Crippen molar-refractivity contribution in [1.82, 2.24) is 0 Å². The zero-order valence-corrected chi connectivity index (χ0v) is 7.69. The molecule has 0 aromatic rings. The second-order valence-corrected chi connectivity index (χ2v) is 3.70. The Labute approximate surface area is 64.1 Å². The molecule has 0 N–H and O–H groups in total. The molecule has 0 aliphatic carbocycles. The van der Waals surface area contributed by atoms with Crippen LogP contribution < -0.4 is 0 Å². The summed E-state index contributed by atoms with van der Waals surface area (Å²) in [5, 5.41) is 0. The first-order valence-corrected chi connectivity index (χ1v) is 3.69. The summed E-state index contributed by atoms with van der Waals surface area (Å²) < 4.78 is 5.46. The van der Waals surface area contributed by atoms with Gasteiger partial charge in [-0.15, -0.1) is 0 Å². The smallest absolute Gasteiger partial charge is 0.0657 e.